The first-order valence-corrected chi connectivity index (χ1v) is 21.0. The average Bonchev–Trinajstić information content (AvgIpc) is 3.62. The lowest BCUT2D eigenvalue weighted by Gasteiger charge is -2.61. The highest BCUT2D eigenvalue weighted by molar-refractivity contribution is 5.89. The molecule has 5 aromatic rings. The zero-order valence-electron chi connectivity index (χ0n) is 30.7. The molecular weight excluding hydrogens is 627 g/mol. The largest absolute Gasteiger partial charge is 0.310 e. The van der Waals surface area contributed by atoms with Gasteiger partial charge in [-0.15, -0.1) is 0 Å². The summed E-state index contributed by atoms with van der Waals surface area (Å²) in [4.78, 5) is 2.59. The van der Waals surface area contributed by atoms with Crippen LogP contribution in [-0.4, -0.2) is 0 Å². The molecule has 6 fully saturated rings. The maximum absolute atomic E-state index is 2.67. The van der Waals surface area contributed by atoms with E-state index in [9.17, 15) is 0 Å². The van der Waals surface area contributed by atoms with Crippen molar-refractivity contribution < 1.29 is 0 Å². The minimum absolute atomic E-state index is 0.163. The number of para-hydroxylation sites is 1. The molecule has 8 aliphatic rings. The zero-order chi connectivity index (χ0) is 34.2. The van der Waals surface area contributed by atoms with Gasteiger partial charge in [-0.25, -0.2) is 0 Å². The minimum Gasteiger partial charge on any atom is -0.310 e. The van der Waals surface area contributed by atoms with E-state index in [1.807, 2.05) is 0 Å². The van der Waals surface area contributed by atoms with E-state index in [-0.39, 0.29) is 10.8 Å². The molecule has 6 saturated carbocycles. The molecule has 0 N–H and O–H groups in total. The lowest BCUT2D eigenvalue weighted by atomic mass is 9.43. The van der Waals surface area contributed by atoms with Gasteiger partial charge in [0.2, 0.25) is 0 Å². The molecule has 0 saturated heterocycles. The average molecular weight is 678 g/mol. The van der Waals surface area contributed by atoms with Gasteiger partial charge in [0.05, 0.1) is 0 Å². The van der Waals surface area contributed by atoms with Gasteiger partial charge in [0.1, 0.15) is 0 Å². The van der Waals surface area contributed by atoms with Crippen LogP contribution in [0.25, 0.3) is 22.3 Å². The molecular formula is C51H51N. The van der Waals surface area contributed by atoms with Crippen LogP contribution in [0, 0.1) is 41.4 Å². The van der Waals surface area contributed by atoms with Crippen LogP contribution in [0.3, 0.4) is 0 Å². The summed E-state index contributed by atoms with van der Waals surface area (Å²) in [5, 5.41) is 0. The number of anilines is 3. The van der Waals surface area contributed by atoms with Crippen molar-refractivity contribution in [3.63, 3.8) is 0 Å². The Kier molecular flexibility index (Phi) is 6.41. The maximum Gasteiger partial charge on any atom is 0.0468 e. The number of fused-ring (bicyclic) bond motifs is 6. The number of benzene rings is 5. The summed E-state index contributed by atoms with van der Waals surface area (Å²) in [6.07, 6.45) is 15.4. The fraction of sp³-hybridized carbons (Fsp3) is 0.412. The SMILES string of the molecule is CCC1CC2CCCC(C1)C21c2ccccc2-c2cc(N(c3ccccc3)c3ccc4c(c3)C3(c5ccccc5-4)C4CC5CC(C4)CC3C5)ccc21. The maximum atomic E-state index is 2.67. The van der Waals surface area contributed by atoms with E-state index < -0.39 is 0 Å². The van der Waals surface area contributed by atoms with E-state index in [1.54, 1.807) is 22.3 Å². The number of nitrogens with zero attached hydrogens (tertiary/aromatic N) is 1. The number of hydrogen-bond acceptors (Lipinski definition) is 1. The lowest BCUT2D eigenvalue weighted by molar-refractivity contribution is -0.0399. The molecule has 2 unspecified atom stereocenters. The summed E-state index contributed by atoms with van der Waals surface area (Å²) in [5.41, 5.74) is 16.7. The molecule has 2 spiro atoms. The molecule has 0 aliphatic heterocycles. The Bertz CT molecular complexity index is 2180. The van der Waals surface area contributed by atoms with Crippen molar-refractivity contribution >= 4 is 17.1 Å². The van der Waals surface area contributed by atoms with Crippen molar-refractivity contribution in [2.75, 3.05) is 4.90 Å². The molecule has 1 heteroatoms. The van der Waals surface area contributed by atoms with Gasteiger partial charge in [-0.05, 0) is 180 Å². The van der Waals surface area contributed by atoms with Gasteiger partial charge >= 0.3 is 0 Å². The predicted molar refractivity (Wildman–Crippen MR) is 214 cm³/mol. The lowest BCUT2D eigenvalue weighted by Crippen LogP contribution is -2.55. The summed E-state index contributed by atoms with van der Waals surface area (Å²) in [7, 11) is 0. The number of hydrogen-bond donors (Lipinski definition) is 0. The van der Waals surface area contributed by atoms with Crippen molar-refractivity contribution in [3.05, 3.63) is 138 Å². The van der Waals surface area contributed by atoms with Gasteiger partial charge < -0.3 is 4.90 Å². The van der Waals surface area contributed by atoms with Crippen molar-refractivity contribution in [3.8, 4) is 22.3 Å². The van der Waals surface area contributed by atoms with Crippen LogP contribution >= 0.6 is 0 Å². The van der Waals surface area contributed by atoms with E-state index >= 15 is 0 Å². The summed E-state index contributed by atoms with van der Waals surface area (Å²) in [6.45, 7) is 2.43. The minimum atomic E-state index is 0.163. The van der Waals surface area contributed by atoms with Crippen molar-refractivity contribution in [1.82, 2.24) is 0 Å². The fourth-order valence-electron chi connectivity index (χ4n) is 14.9. The van der Waals surface area contributed by atoms with Gasteiger partial charge in [0.15, 0.2) is 0 Å². The van der Waals surface area contributed by atoms with Gasteiger partial charge in [-0.2, -0.15) is 0 Å². The second kappa shape index (κ2) is 11.0. The molecule has 0 amide bonds. The first-order valence-electron chi connectivity index (χ1n) is 21.0. The Morgan fingerprint density at radius 3 is 1.67 bits per heavy atom. The highest BCUT2D eigenvalue weighted by Gasteiger charge is 2.62. The molecule has 6 bridgehead atoms. The van der Waals surface area contributed by atoms with Crippen LogP contribution in [0.2, 0.25) is 0 Å². The highest BCUT2D eigenvalue weighted by atomic mass is 15.1. The van der Waals surface area contributed by atoms with E-state index in [0.29, 0.717) is 0 Å². The Balaban J connectivity index is 1.04. The smallest absolute Gasteiger partial charge is 0.0468 e. The van der Waals surface area contributed by atoms with Crippen LogP contribution in [0.4, 0.5) is 17.1 Å². The monoisotopic (exact) mass is 677 g/mol. The normalized spacial score (nSPS) is 33.9. The van der Waals surface area contributed by atoms with Crippen LogP contribution in [0.1, 0.15) is 99.8 Å². The molecule has 0 radical (unpaired) electrons. The Morgan fingerprint density at radius 1 is 0.462 bits per heavy atom. The first kappa shape index (κ1) is 30.4. The van der Waals surface area contributed by atoms with E-state index in [1.165, 1.54) is 110 Å². The third-order valence-electron chi connectivity index (χ3n) is 16.4. The first-order chi connectivity index (χ1) is 25.7. The molecule has 13 rings (SSSR count). The standard InChI is InChI=1S/C51H51N/c1-2-32-24-35-11-10-12-36(25-32)50(35)47-18-9-7-16-43(47)45-30-40(20-22-48(45)50)52(39-13-4-3-5-14-39)41-19-21-44-42-15-6-8-17-46(42)51(49(44)31-41)37-26-33-23-34(28-37)29-38(51)27-33/h3-9,13-22,30-38H,2,10-12,23-29H2,1H3. The van der Waals surface area contributed by atoms with Crippen LogP contribution in [-0.2, 0) is 10.8 Å². The molecule has 2 atom stereocenters. The Labute approximate surface area is 310 Å². The second-order valence-corrected chi connectivity index (χ2v) is 18.3. The van der Waals surface area contributed by atoms with Crippen molar-refractivity contribution in [1.29, 1.82) is 0 Å². The van der Waals surface area contributed by atoms with Gasteiger partial charge in [0, 0.05) is 27.9 Å². The van der Waals surface area contributed by atoms with Crippen molar-refractivity contribution in [2.45, 2.75) is 88.4 Å². The topological polar surface area (TPSA) is 3.24 Å². The van der Waals surface area contributed by atoms with E-state index in [0.717, 1.165) is 41.4 Å². The molecule has 8 aliphatic carbocycles. The molecule has 260 valence electrons. The number of rotatable bonds is 4. The quantitative estimate of drug-likeness (QED) is 0.183. The van der Waals surface area contributed by atoms with E-state index in [4.69, 9.17) is 0 Å². The summed E-state index contributed by atoms with van der Waals surface area (Å²) in [6, 6.07) is 45.7. The van der Waals surface area contributed by atoms with E-state index in [2.05, 4.69) is 127 Å². The summed E-state index contributed by atoms with van der Waals surface area (Å²) < 4.78 is 0. The third kappa shape index (κ3) is 3.81. The molecule has 5 aromatic carbocycles. The predicted octanol–water partition coefficient (Wildman–Crippen LogP) is 13.4. The third-order valence-corrected chi connectivity index (χ3v) is 16.4. The molecule has 52 heavy (non-hydrogen) atoms. The Morgan fingerprint density at radius 2 is 1.00 bits per heavy atom. The van der Waals surface area contributed by atoms with Crippen LogP contribution in [0.15, 0.2) is 115 Å². The van der Waals surface area contributed by atoms with Gasteiger partial charge in [-0.3, -0.25) is 0 Å². The summed E-state index contributed by atoms with van der Waals surface area (Å²) in [5.74, 6) is 5.81. The van der Waals surface area contributed by atoms with Crippen molar-refractivity contribution in [2.24, 2.45) is 41.4 Å². The Hall–Kier alpha value is -4.10. The fourth-order valence-corrected chi connectivity index (χ4v) is 14.9. The van der Waals surface area contributed by atoms with Gasteiger partial charge in [-0.1, -0.05) is 98.6 Å². The summed E-state index contributed by atoms with van der Waals surface area (Å²) >= 11 is 0. The van der Waals surface area contributed by atoms with Crippen LogP contribution < -0.4 is 4.90 Å². The van der Waals surface area contributed by atoms with Crippen LogP contribution in [0.5, 0.6) is 0 Å². The van der Waals surface area contributed by atoms with Gasteiger partial charge in [0.25, 0.3) is 0 Å². The molecule has 0 heterocycles. The highest BCUT2D eigenvalue weighted by Crippen LogP contribution is 2.70. The molecule has 0 aromatic heterocycles. The second-order valence-electron chi connectivity index (χ2n) is 18.3. The molecule has 1 nitrogen and oxygen atoms in total. The zero-order valence-corrected chi connectivity index (χ0v) is 30.7.